The molecule has 1 aromatic carbocycles. The van der Waals surface area contributed by atoms with Gasteiger partial charge in [0.25, 0.3) is 0 Å². The Morgan fingerprint density at radius 1 is 1.25 bits per heavy atom. The molecule has 0 saturated carbocycles. The standard InChI is InChI=1S/C13H15ClO2/c14-12(13-10-15-8-9-16-13)7-6-11-4-2-1-3-5-11/h1-7,12-13H,8-10H2/b7-6+. The van der Waals surface area contributed by atoms with Crippen LogP contribution in [-0.2, 0) is 9.47 Å². The first-order chi connectivity index (χ1) is 7.86. The Bertz CT molecular complexity index is 331. The van der Waals surface area contributed by atoms with E-state index >= 15 is 0 Å². The van der Waals surface area contributed by atoms with Crippen molar-refractivity contribution < 1.29 is 9.47 Å². The molecular weight excluding hydrogens is 224 g/mol. The van der Waals surface area contributed by atoms with Gasteiger partial charge >= 0.3 is 0 Å². The molecule has 2 nitrogen and oxygen atoms in total. The van der Waals surface area contributed by atoms with Crippen LogP contribution in [0.2, 0.25) is 0 Å². The smallest absolute Gasteiger partial charge is 0.101 e. The number of ether oxygens (including phenoxy) is 2. The average Bonchev–Trinajstić information content (AvgIpc) is 2.38. The molecule has 2 rings (SSSR count). The van der Waals surface area contributed by atoms with E-state index in [1.165, 1.54) is 0 Å². The number of halogens is 1. The summed E-state index contributed by atoms with van der Waals surface area (Å²) in [5.74, 6) is 0. The molecule has 2 unspecified atom stereocenters. The third-order valence-corrected chi connectivity index (χ3v) is 2.90. The van der Waals surface area contributed by atoms with Crippen molar-refractivity contribution in [2.75, 3.05) is 19.8 Å². The SMILES string of the molecule is ClC(/C=C/c1ccccc1)C1COCCO1. The maximum Gasteiger partial charge on any atom is 0.101 e. The monoisotopic (exact) mass is 238 g/mol. The van der Waals surface area contributed by atoms with Crippen LogP contribution in [0.4, 0.5) is 0 Å². The second-order valence-corrected chi connectivity index (χ2v) is 4.20. The Morgan fingerprint density at radius 2 is 2.06 bits per heavy atom. The van der Waals surface area contributed by atoms with Crippen LogP contribution in [0.3, 0.4) is 0 Å². The van der Waals surface area contributed by atoms with Crippen molar-refractivity contribution in [3.63, 3.8) is 0 Å². The second kappa shape index (κ2) is 6.04. The van der Waals surface area contributed by atoms with Crippen molar-refractivity contribution in [3.8, 4) is 0 Å². The fourth-order valence-electron chi connectivity index (χ4n) is 1.58. The summed E-state index contributed by atoms with van der Waals surface area (Å²) in [5, 5.41) is -0.138. The van der Waals surface area contributed by atoms with E-state index < -0.39 is 0 Å². The Morgan fingerprint density at radius 3 is 2.75 bits per heavy atom. The minimum atomic E-state index is -0.138. The van der Waals surface area contributed by atoms with E-state index in [1.807, 2.05) is 42.5 Å². The first-order valence-corrected chi connectivity index (χ1v) is 5.86. The molecule has 1 fully saturated rings. The maximum absolute atomic E-state index is 6.22. The summed E-state index contributed by atoms with van der Waals surface area (Å²) >= 11 is 6.22. The van der Waals surface area contributed by atoms with E-state index in [2.05, 4.69) is 0 Å². The summed E-state index contributed by atoms with van der Waals surface area (Å²) in [7, 11) is 0. The Hall–Kier alpha value is -0.830. The lowest BCUT2D eigenvalue weighted by Crippen LogP contribution is -2.34. The molecule has 1 aromatic rings. The van der Waals surface area contributed by atoms with Crippen molar-refractivity contribution in [1.29, 1.82) is 0 Å². The van der Waals surface area contributed by atoms with Gasteiger partial charge in [0.15, 0.2) is 0 Å². The van der Waals surface area contributed by atoms with Crippen molar-refractivity contribution in [3.05, 3.63) is 42.0 Å². The number of hydrogen-bond donors (Lipinski definition) is 0. The summed E-state index contributed by atoms with van der Waals surface area (Å²) in [6, 6.07) is 10.1. The minimum Gasteiger partial charge on any atom is -0.376 e. The highest BCUT2D eigenvalue weighted by Crippen LogP contribution is 2.14. The van der Waals surface area contributed by atoms with Crippen molar-refractivity contribution in [1.82, 2.24) is 0 Å². The van der Waals surface area contributed by atoms with E-state index in [0.717, 1.165) is 5.56 Å². The van der Waals surface area contributed by atoms with Crippen LogP contribution in [0.5, 0.6) is 0 Å². The van der Waals surface area contributed by atoms with Crippen molar-refractivity contribution in [2.24, 2.45) is 0 Å². The summed E-state index contributed by atoms with van der Waals surface area (Å²) in [6.07, 6.45) is 3.93. The molecular formula is C13H15ClO2. The largest absolute Gasteiger partial charge is 0.376 e. The zero-order valence-electron chi connectivity index (χ0n) is 9.01. The number of alkyl halides is 1. The predicted molar refractivity (Wildman–Crippen MR) is 65.7 cm³/mol. The number of rotatable bonds is 3. The molecule has 0 bridgehead atoms. The second-order valence-electron chi connectivity index (χ2n) is 3.70. The molecule has 3 heteroatoms. The summed E-state index contributed by atoms with van der Waals surface area (Å²) in [4.78, 5) is 0. The topological polar surface area (TPSA) is 18.5 Å². The Balaban J connectivity index is 1.91. The summed E-state index contributed by atoms with van der Waals surface area (Å²) in [6.45, 7) is 1.88. The summed E-state index contributed by atoms with van der Waals surface area (Å²) < 4.78 is 10.8. The molecule has 0 amide bonds. The van der Waals surface area contributed by atoms with Gasteiger partial charge in [0.05, 0.1) is 25.2 Å². The lowest BCUT2D eigenvalue weighted by atomic mass is 10.1. The van der Waals surface area contributed by atoms with Crippen LogP contribution in [-0.4, -0.2) is 31.3 Å². The summed E-state index contributed by atoms with van der Waals surface area (Å²) in [5.41, 5.74) is 1.14. The van der Waals surface area contributed by atoms with E-state index in [4.69, 9.17) is 21.1 Å². The molecule has 0 N–H and O–H groups in total. The fourth-order valence-corrected chi connectivity index (χ4v) is 1.80. The molecule has 1 aliphatic rings. The molecule has 16 heavy (non-hydrogen) atoms. The zero-order valence-corrected chi connectivity index (χ0v) is 9.77. The highest BCUT2D eigenvalue weighted by Gasteiger charge is 2.20. The van der Waals surface area contributed by atoms with Gasteiger partial charge in [-0.3, -0.25) is 0 Å². The fraction of sp³-hybridized carbons (Fsp3) is 0.385. The number of hydrogen-bond acceptors (Lipinski definition) is 2. The molecule has 1 heterocycles. The third-order valence-electron chi connectivity index (χ3n) is 2.47. The van der Waals surface area contributed by atoms with Crippen molar-refractivity contribution in [2.45, 2.75) is 11.5 Å². The van der Waals surface area contributed by atoms with E-state index in [9.17, 15) is 0 Å². The lowest BCUT2D eigenvalue weighted by molar-refractivity contribution is -0.0846. The Labute approximate surface area is 101 Å². The lowest BCUT2D eigenvalue weighted by Gasteiger charge is -2.25. The van der Waals surface area contributed by atoms with Crippen LogP contribution in [0.1, 0.15) is 5.56 Å². The Kier molecular flexibility index (Phi) is 4.40. The molecule has 0 aliphatic carbocycles. The zero-order chi connectivity index (χ0) is 11.2. The van der Waals surface area contributed by atoms with Gasteiger partial charge in [-0.25, -0.2) is 0 Å². The third kappa shape index (κ3) is 3.34. The molecule has 86 valence electrons. The van der Waals surface area contributed by atoms with Crippen LogP contribution < -0.4 is 0 Å². The van der Waals surface area contributed by atoms with Gasteiger partial charge in [-0.1, -0.05) is 42.5 Å². The van der Waals surface area contributed by atoms with E-state index in [0.29, 0.717) is 19.8 Å². The molecule has 0 aromatic heterocycles. The van der Waals surface area contributed by atoms with Crippen LogP contribution in [0.25, 0.3) is 6.08 Å². The van der Waals surface area contributed by atoms with Gasteiger partial charge in [0, 0.05) is 0 Å². The van der Waals surface area contributed by atoms with E-state index in [-0.39, 0.29) is 11.5 Å². The first-order valence-electron chi connectivity index (χ1n) is 5.43. The van der Waals surface area contributed by atoms with Crippen molar-refractivity contribution >= 4 is 17.7 Å². The van der Waals surface area contributed by atoms with Crippen LogP contribution in [0.15, 0.2) is 36.4 Å². The quantitative estimate of drug-likeness (QED) is 0.754. The number of benzene rings is 1. The van der Waals surface area contributed by atoms with Gasteiger partial charge in [-0.15, -0.1) is 11.6 Å². The normalized spacial score (nSPS) is 23.4. The average molecular weight is 239 g/mol. The van der Waals surface area contributed by atoms with Gasteiger partial charge < -0.3 is 9.47 Å². The van der Waals surface area contributed by atoms with Crippen LogP contribution in [0, 0.1) is 0 Å². The molecule has 1 saturated heterocycles. The first kappa shape index (κ1) is 11.6. The van der Waals surface area contributed by atoms with E-state index in [1.54, 1.807) is 0 Å². The predicted octanol–water partition coefficient (Wildman–Crippen LogP) is 2.72. The highest BCUT2D eigenvalue weighted by atomic mass is 35.5. The molecule has 0 radical (unpaired) electrons. The van der Waals surface area contributed by atoms with Crippen LogP contribution >= 0.6 is 11.6 Å². The van der Waals surface area contributed by atoms with Gasteiger partial charge in [0.1, 0.15) is 6.10 Å². The highest BCUT2D eigenvalue weighted by molar-refractivity contribution is 6.22. The maximum atomic E-state index is 6.22. The van der Waals surface area contributed by atoms with Gasteiger partial charge in [0.2, 0.25) is 0 Å². The van der Waals surface area contributed by atoms with Gasteiger partial charge in [-0.05, 0) is 5.56 Å². The molecule has 0 spiro atoms. The molecule has 1 aliphatic heterocycles. The molecule has 2 atom stereocenters. The van der Waals surface area contributed by atoms with Gasteiger partial charge in [-0.2, -0.15) is 0 Å². The minimum absolute atomic E-state index is 0.0321.